The van der Waals surface area contributed by atoms with Gasteiger partial charge in [-0.15, -0.1) is 11.3 Å². The molecule has 0 bridgehead atoms. The summed E-state index contributed by atoms with van der Waals surface area (Å²) in [6, 6.07) is 13.2. The van der Waals surface area contributed by atoms with Crippen molar-refractivity contribution in [3.8, 4) is 0 Å². The molecular formula is C20H19NOS2. The van der Waals surface area contributed by atoms with Gasteiger partial charge in [0.2, 0.25) is 0 Å². The van der Waals surface area contributed by atoms with Crippen LogP contribution in [0.1, 0.15) is 12.0 Å². The molecule has 0 atom stereocenters. The zero-order valence-corrected chi connectivity index (χ0v) is 15.0. The van der Waals surface area contributed by atoms with Crippen molar-refractivity contribution in [2.75, 3.05) is 19.8 Å². The lowest BCUT2D eigenvalue weighted by Crippen LogP contribution is -2.14. The molecule has 2 N–H and O–H groups in total. The van der Waals surface area contributed by atoms with Gasteiger partial charge in [-0.2, -0.15) is 0 Å². The number of thioether (sulfide) groups is 1. The van der Waals surface area contributed by atoms with Crippen LogP contribution in [0.5, 0.6) is 0 Å². The fourth-order valence-corrected chi connectivity index (χ4v) is 4.83. The van der Waals surface area contributed by atoms with Crippen molar-refractivity contribution in [2.24, 2.45) is 5.73 Å². The Kier molecular flexibility index (Phi) is 4.72. The standard InChI is InChI=1S/C20H19NOS2/c21-8-3-9-22-13-18-19-14(7-11-23-18)4-1-6-16-17(19)12-15-5-2-10-24-20(15)16/h1-2,4-7,10-12H,3,8-9,13,21H2. The van der Waals surface area contributed by atoms with Gasteiger partial charge in [0.15, 0.2) is 0 Å². The molecule has 0 aliphatic carbocycles. The summed E-state index contributed by atoms with van der Waals surface area (Å²) < 4.78 is 7.21. The van der Waals surface area contributed by atoms with Crippen molar-refractivity contribution in [2.45, 2.75) is 6.42 Å². The van der Waals surface area contributed by atoms with Crippen LogP contribution in [0, 0.1) is 0 Å². The molecule has 2 nitrogen and oxygen atoms in total. The Morgan fingerprint density at radius 2 is 2.04 bits per heavy atom. The first-order chi connectivity index (χ1) is 11.9. The number of hydrogen-bond acceptors (Lipinski definition) is 4. The molecule has 122 valence electrons. The van der Waals surface area contributed by atoms with Crippen LogP contribution in [0.4, 0.5) is 0 Å². The Morgan fingerprint density at radius 3 is 2.96 bits per heavy atom. The van der Waals surface area contributed by atoms with Crippen LogP contribution in [0.15, 0.2) is 47.2 Å². The van der Waals surface area contributed by atoms with Crippen LogP contribution in [0.3, 0.4) is 0 Å². The maximum atomic E-state index is 5.85. The number of fused-ring (bicyclic) bond motifs is 5. The minimum Gasteiger partial charge on any atom is -0.376 e. The summed E-state index contributed by atoms with van der Waals surface area (Å²) in [7, 11) is 0. The van der Waals surface area contributed by atoms with E-state index >= 15 is 0 Å². The summed E-state index contributed by atoms with van der Waals surface area (Å²) >= 11 is 3.57. The zero-order valence-electron chi connectivity index (χ0n) is 13.3. The van der Waals surface area contributed by atoms with Gasteiger partial charge < -0.3 is 10.5 Å². The predicted molar refractivity (Wildman–Crippen MR) is 108 cm³/mol. The molecule has 2 aromatic carbocycles. The maximum Gasteiger partial charge on any atom is 0.0785 e. The molecule has 0 spiro atoms. The van der Waals surface area contributed by atoms with Gasteiger partial charge in [0.1, 0.15) is 0 Å². The molecule has 24 heavy (non-hydrogen) atoms. The summed E-state index contributed by atoms with van der Waals surface area (Å²) in [4.78, 5) is 1.28. The van der Waals surface area contributed by atoms with Crippen molar-refractivity contribution in [1.82, 2.24) is 0 Å². The molecule has 4 heteroatoms. The lowest BCUT2D eigenvalue weighted by molar-refractivity contribution is 0.167. The number of ether oxygens (including phenoxy) is 1. The minimum absolute atomic E-state index is 0.645. The van der Waals surface area contributed by atoms with Crippen LogP contribution in [-0.4, -0.2) is 19.8 Å². The third-order valence-corrected chi connectivity index (χ3v) is 6.06. The second-order valence-electron chi connectivity index (χ2n) is 5.76. The van der Waals surface area contributed by atoms with E-state index in [-0.39, 0.29) is 0 Å². The van der Waals surface area contributed by atoms with E-state index in [1.807, 2.05) is 0 Å². The van der Waals surface area contributed by atoms with Crippen molar-refractivity contribution in [3.63, 3.8) is 0 Å². The van der Waals surface area contributed by atoms with Crippen molar-refractivity contribution in [3.05, 3.63) is 58.0 Å². The Hall–Kier alpha value is -1.59. The Balaban J connectivity index is 1.95. The maximum absolute atomic E-state index is 5.85. The Labute approximate surface area is 149 Å². The summed E-state index contributed by atoms with van der Waals surface area (Å²) in [5.41, 5.74) is 6.82. The molecule has 1 aliphatic rings. The van der Waals surface area contributed by atoms with E-state index in [2.05, 4.69) is 53.3 Å². The monoisotopic (exact) mass is 353 g/mol. The molecule has 0 amide bonds. The second-order valence-corrected chi connectivity index (χ2v) is 7.68. The lowest BCUT2D eigenvalue weighted by atomic mass is 10.1. The van der Waals surface area contributed by atoms with Gasteiger partial charge in [-0.1, -0.05) is 42.1 Å². The van der Waals surface area contributed by atoms with E-state index in [9.17, 15) is 0 Å². The Bertz CT molecular complexity index is 988. The third-order valence-electron chi connectivity index (χ3n) is 4.20. The second kappa shape index (κ2) is 7.11. The van der Waals surface area contributed by atoms with Gasteiger partial charge >= 0.3 is 0 Å². The molecule has 0 saturated heterocycles. The largest absolute Gasteiger partial charge is 0.376 e. The molecule has 1 aromatic heterocycles. The summed E-state index contributed by atoms with van der Waals surface area (Å²) in [6.45, 7) is 2.03. The summed E-state index contributed by atoms with van der Waals surface area (Å²) in [5, 5.41) is 9.58. The fraction of sp³-hybridized carbons (Fsp3) is 0.200. The smallest absolute Gasteiger partial charge is 0.0785 e. The SMILES string of the molecule is NCCCOCC1=c2c(cccc3c2cc2cccsc23)C=CS1. The normalized spacial score (nSPS) is 13.6. The molecule has 1 aliphatic heterocycles. The highest BCUT2D eigenvalue weighted by atomic mass is 32.2. The van der Waals surface area contributed by atoms with E-state index in [1.165, 1.54) is 36.5 Å². The topological polar surface area (TPSA) is 35.2 Å². The van der Waals surface area contributed by atoms with Gasteiger partial charge in [-0.3, -0.25) is 0 Å². The number of hydrogen-bond donors (Lipinski definition) is 1. The highest BCUT2D eigenvalue weighted by Crippen LogP contribution is 2.32. The van der Waals surface area contributed by atoms with Gasteiger partial charge in [0.05, 0.1) is 6.61 Å². The number of nitrogens with two attached hydrogens (primary N) is 1. The molecule has 0 unspecified atom stereocenters. The average Bonchev–Trinajstić information content (AvgIpc) is 2.87. The predicted octanol–water partition coefficient (Wildman–Crippen LogP) is 4.53. The highest BCUT2D eigenvalue weighted by Gasteiger charge is 2.12. The fourth-order valence-electron chi connectivity index (χ4n) is 3.10. The molecule has 4 rings (SSSR count). The molecule has 0 radical (unpaired) electrons. The first-order valence-corrected chi connectivity index (χ1v) is 9.88. The van der Waals surface area contributed by atoms with Gasteiger partial charge in [-0.25, -0.2) is 0 Å². The van der Waals surface area contributed by atoms with E-state index in [0.29, 0.717) is 19.8 Å². The van der Waals surface area contributed by atoms with Gasteiger partial charge in [0.25, 0.3) is 0 Å². The van der Waals surface area contributed by atoms with Crippen LogP contribution in [0.25, 0.3) is 31.8 Å². The zero-order chi connectivity index (χ0) is 16.4. The average molecular weight is 354 g/mol. The van der Waals surface area contributed by atoms with E-state index in [0.717, 1.165) is 6.42 Å². The molecule has 3 aromatic rings. The molecule has 0 fully saturated rings. The van der Waals surface area contributed by atoms with E-state index in [1.54, 1.807) is 23.1 Å². The molecular weight excluding hydrogens is 334 g/mol. The van der Waals surface area contributed by atoms with E-state index < -0.39 is 0 Å². The van der Waals surface area contributed by atoms with Gasteiger partial charge in [-0.05, 0) is 52.2 Å². The van der Waals surface area contributed by atoms with Crippen molar-refractivity contribution in [1.29, 1.82) is 0 Å². The molecule has 0 saturated carbocycles. The van der Waals surface area contributed by atoms with Gasteiger partial charge in [0, 0.05) is 26.8 Å². The van der Waals surface area contributed by atoms with Crippen LogP contribution < -0.4 is 11.0 Å². The van der Waals surface area contributed by atoms with Crippen molar-refractivity contribution < 1.29 is 4.74 Å². The Morgan fingerprint density at radius 1 is 1.08 bits per heavy atom. The quantitative estimate of drug-likeness (QED) is 0.685. The lowest BCUT2D eigenvalue weighted by Gasteiger charge is -2.11. The summed E-state index contributed by atoms with van der Waals surface area (Å²) in [6.07, 6.45) is 3.10. The number of rotatable bonds is 5. The van der Waals surface area contributed by atoms with E-state index in [4.69, 9.17) is 10.5 Å². The van der Waals surface area contributed by atoms with Crippen molar-refractivity contribution >= 4 is 54.9 Å². The van der Waals surface area contributed by atoms with Crippen LogP contribution in [0.2, 0.25) is 0 Å². The third kappa shape index (κ3) is 2.91. The first kappa shape index (κ1) is 15.9. The summed E-state index contributed by atoms with van der Waals surface area (Å²) in [5.74, 6) is 0. The molecule has 2 heterocycles. The first-order valence-electron chi connectivity index (χ1n) is 8.12. The van der Waals surface area contributed by atoms with Crippen LogP contribution in [-0.2, 0) is 4.74 Å². The minimum atomic E-state index is 0.645. The van der Waals surface area contributed by atoms with Crippen LogP contribution >= 0.6 is 23.1 Å². The highest BCUT2D eigenvalue weighted by molar-refractivity contribution is 8.10.